The van der Waals surface area contributed by atoms with Crippen molar-refractivity contribution in [2.24, 2.45) is 0 Å². The van der Waals surface area contributed by atoms with Crippen molar-refractivity contribution in [2.75, 3.05) is 20.1 Å². The van der Waals surface area contributed by atoms with Crippen LogP contribution in [0.2, 0.25) is 0 Å². The molecule has 1 aromatic heterocycles. The summed E-state index contributed by atoms with van der Waals surface area (Å²) in [7, 11) is 1.86. The SMILES string of the molecule is CCc1ccc(-c2nc(CC(=O)NCCNC)cs2)cc1.Cl. The van der Waals surface area contributed by atoms with Gasteiger partial charge in [0.25, 0.3) is 0 Å². The molecule has 2 rings (SSSR count). The molecule has 0 fully saturated rings. The van der Waals surface area contributed by atoms with Gasteiger partial charge in [-0.1, -0.05) is 31.2 Å². The molecule has 22 heavy (non-hydrogen) atoms. The molecule has 0 aliphatic heterocycles. The normalized spacial score (nSPS) is 10.1. The minimum Gasteiger partial charge on any atom is -0.354 e. The summed E-state index contributed by atoms with van der Waals surface area (Å²) in [5.41, 5.74) is 3.26. The van der Waals surface area contributed by atoms with E-state index in [4.69, 9.17) is 0 Å². The number of halogens is 1. The quantitative estimate of drug-likeness (QED) is 0.762. The molecule has 1 aromatic carbocycles. The Hall–Kier alpha value is -1.43. The molecular weight excluding hydrogens is 318 g/mol. The number of aromatic nitrogens is 1. The van der Waals surface area contributed by atoms with Crippen LogP contribution in [-0.4, -0.2) is 31.0 Å². The molecule has 1 amide bonds. The number of nitrogens with one attached hydrogen (secondary N) is 2. The van der Waals surface area contributed by atoms with Gasteiger partial charge in [-0.15, -0.1) is 23.7 Å². The van der Waals surface area contributed by atoms with E-state index >= 15 is 0 Å². The van der Waals surface area contributed by atoms with Gasteiger partial charge in [0.15, 0.2) is 0 Å². The maximum atomic E-state index is 11.7. The highest BCUT2D eigenvalue weighted by molar-refractivity contribution is 7.13. The first kappa shape index (κ1) is 18.6. The van der Waals surface area contributed by atoms with Gasteiger partial charge in [-0.05, 0) is 19.0 Å². The number of likely N-dealkylation sites (N-methyl/N-ethyl adjacent to an activating group) is 1. The van der Waals surface area contributed by atoms with E-state index in [0.29, 0.717) is 13.0 Å². The Morgan fingerprint density at radius 3 is 2.59 bits per heavy atom. The number of aryl methyl sites for hydroxylation is 1. The third-order valence-electron chi connectivity index (χ3n) is 3.20. The maximum Gasteiger partial charge on any atom is 0.226 e. The van der Waals surface area contributed by atoms with Crippen molar-refractivity contribution in [1.29, 1.82) is 0 Å². The average molecular weight is 340 g/mol. The molecule has 2 aromatic rings. The molecule has 4 nitrogen and oxygen atoms in total. The highest BCUT2D eigenvalue weighted by Gasteiger charge is 2.08. The topological polar surface area (TPSA) is 54.0 Å². The molecule has 0 atom stereocenters. The van der Waals surface area contributed by atoms with Crippen LogP contribution in [0.1, 0.15) is 18.2 Å². The van der Waals surface area contributed by atoms with E-state index in [2.05, 4.69) is 46.8 Å². The second kappa shape index (κ2) is 9.56. The third kappa shape index (κ3) is 5.40. The Labute approximate surface area is 141 Å². The summed E-state index contributed by atoms with van der Waals surface area (Å²) in [6, 6.07) is 8.44. The molecule has 0 aliphatic carbocycles. The Balaban J connectivity index is 0.00000242. The summed E-state index contributed by atoms with van der Waals surface area (Å²) in [5.74, 6) is 0.0171. The standard InChI is InChI=1S/C16H21N3OS.ClH/c1-3-12-4-6-13(7-5-12)16-19-14(11-21-16)10-15(20)18-9-8-17-2;/h4-7,11,17H,3,8-10H2,1-2H3,(H,18,20);1H. The zero-order chi connectivity index (χ0) is 15.1. The first-order valence-corrected chi connectivity index (χ1v) is 8.06. The fourth-order valence-corrected chi connectivity index (χ4v) is 2.78. The number of hydrogen-bond acceptors (Lipinski definition) is 4. The van der Waals surface area contributed by atoms with E-state index in [-0.39, 0.29) is 18.3 Å². The van der Waals surface area contributed by atoms with Crippen molar-refractivity contribution >= 4 is 29.7 Å². The number of amides is 1. The highest BCUT2D eigenvalue weighted by atomic mass is 35.5. The maximum absolute atomic E-state index is 11.7. The van der Waals surface area contributed by atoms with Crippen LogP contribution in [0.15, 0.2) is 29.6 Å². The number of thiazole rings is 1. The van der Waals surface area contributed by atoms with Gasteiger partial charge in [-0.25, -0.2) is 4.98 Å². The second-order valence-corrected chi connectivity index (χ2v) is 5.68. The number of carbonyl (C=O) groups is 1. The minimum absolute atomic E-state index is 0. The molecule has 0 spiro atoms. The monoisotopic (exact) mass is 339 g/mol. The molecule has 6 heteroatoms. The minimum atomic E-state index is 0. The number of hydrogen-bond donors (Lipinski definition) is 2. The highest BCUT2D eigenvalue weighted by Crippen LogP contribution is 2.24. The molecule has 0 radical (unpaired) electrons. The Morgan fingerprint density at radius 2 is 1.95 bits per heavy atom. The summed E-state index contributed by atoms with van der Waals surface area (Å²) in [6.45, 7) is 3.56. The lowest BCUT2D eigenvalue weighted by Crippen LogP contribution is -2.31. The number of rotatable bonds is 7. The van der Waals surface area contributed by atoms with Gasteiger partial charge >= 0.3 is 0 Å². The van der Waals surface area contributed by atoms with Crippen LogP contribution in [0.3, 0.4) is 0 Å². The summed E-state index contributed by atoms with van der Waals surface area (Å²) in [4.78, 5) is 16.3. The van der Waals surface area contributed by atoms with Crippen molar-refractivity contribution in [3.63, 3.8) is 0 Å². The predicted molar refractivity (Wildman–Crippen MR) is 94.8 cm³/mol. The smallest absolute Gasteiger partial charge is 0.226 e. The fourth-order valence-electron chi connectivity index (χ4n) is 1.96. The molecule has 0 saturated carbocycles. The van der Waals surface area contributed by atoms with Crippen LogP contribution in [-0.2, 0) is 17.6 Å². The van der Waals surface area contributed by atoms with Gasteiger partial charge in [-0.2, -0.15) is 0 Å². The van der Waals surface area contributed by atoms with Crippen molar-refractivity contribution in [2.45, 2.75) is 19.8 Å². The fraction of sp³-hybridized carbons (Fsp3) is 0.375. The first-order chi connectivity index (χ1) is 10.2. The van der Waals surface area contributed by atoms with E-state index in [0.717, 1.165) is 29.2 Å². The zero-order valence-electron chi connectivity index (χ0n) is 12.9. The van der Waals surface area contributed by atoms with Crippen LogP contribution in [0.4, 0.5) is 0 Å². The summed E-state index contributed by atoms with van der Waals surface area (Å²) >= 11 is 1.58. The van der Waals surface area contributed by atoms with Gasteiger partial charge in [0.05, 0.1) is 12.1 Å². The van der Waals surface area contributed by atoms with E-state index in [9.17, 15) is 4.79 Å². The lowest BCUT2D eigenvalue weighted by atomic mass is 10.1. The lowest BCUT2D eigenvalue weighted by Gasteiger charge is -2.02. The van der Waals surface area contributed by atoms with Crippen LogP contribution < -0.4 is 10.6 Å². The Morgan fingerprint density at radius 1 is 1.23 bits per heavy atom. The summed E-state index contributed by atoms with van der Waals surface area (Å²) in [6.07, 6.45) is 1.38. The van der Waals surface area contributed by atoms with Crippen LogP contribution in [0, 0.1) is 0 Å². The Kier molecular flexibility index (Phi) is 8.09. The van der Waals surface area contributed by atoms with Gasteiger partial charge in [0.1, 0.15) is 5.01 Å². The van der Waals surface area contributed by atoms with Gasteiger partial charge in [0, 0.05) is 24.0 Å². The molecule has 0 bridgehead atoms. The van der Waals surface area contributed by atoms with Crippen molar-refractivity contribution in [3.8, 4) is 10.6 Å². The van der Waals surface area contributed by atoms with Crippen LogP contribution >= 0.6 is 23.7 Å². The Bertz CT molecular complexity index is 583. The second-order valence-electron chi connectivity index (χ2n) is 4.82. The van der Waals surface area contributed by atoms with E-state index in [1.54, 1.807) is 11.3 Å². The van der Waals surface area contributed by atoms with Crippen molar-refractivity contribution in [1.82, 2.24) is 15.6 Å². The van der Waals surface area contributed by atoms with Gasteiger partial charge in [-0.3, -0.25) is 4.79 Å². The van der Waals surface area contributed by atoms with Gasteiger partial charge in [0.2, 0.25) is 5.91 Å². The first-order valence-electron chi connectivity index (χ1n) is 7.18. The lowest BCUT2D eigenvalue weighted by molar-refractivity contribution is -0.120. The molecule has 0 saturated heterocycles. The molecular formula is C16H22ClN3OS. The summed E-state index contributed by atoms with van der Waals surface area (Å²) in [5, 5.41) is 8.78. The van der Waals surface area contributed by atoms with Crippen LogP contribution in [0.25, 0.3) is 10.6 Å². The van der Waals surface area contributed by atoms with E-state index < -0.39 is 0 Å². The largest absolute Gasteiger partial charge is 0.354 e. The number of nitrogens with zero attached hydrogens (tertiary/aromatic N) is 1. The third-order valence-corrected chi connectivity index (χ3v) is 4.14. The van der Waals surface area contributed by atoms with Gasteiger partial charge < -0.3 is 10.6 Å². The van der Waals surface area contributed by atoms with Crippen molar-refractivity contribution in [3.05, 3.63) is 40.9 Å². The van der Waals surface area contributed by atoms with E-state index in [1.165, 1.54) is 5.56 Å². The number of carbonyl (C=O) groups excluding carboxylic acids is 1. The average Bonchev–Trinajstić information content (AvgIpc) is 2.96. The molecule has 0 unspecified atom stereocenters. The summed E-state index contributed by atoms with van der Waals surface area (Å²) < 4.78 is 0. The predicted octanol–water partition coefficient (Wildman–Crippen LogP) is 2.67. The van der Waals surface area contributed by atoms with Crippen molar-refractivity contribution < 1.29 is 4.79 Å². The van der Waals surface area contributed by atoms with E-state index in [1.807, 2.05) is 12.4 Å². The molecule has 120 valence electrons. The molecule has 2 N–H and O–H groups in total. The molecule has 1 heterocycles. The molecule has 0 aliphatic rings. The zero-order valence-corrected chi connectivity index (χ0v) is 14.5. The number of benzene rings is 1. The van der Waals surface area contributed by atoms with Crippen LogP contribution in [0.5, 0.6) is 0 Å².